The molecule has 0 radical (unpaired) electrons. The average Bonchev–Trinajstić information content (AvgIpc) is 2.37. The standard InChI is InChI=1S/C13H20N2O2/c1-3-13(2,10-16)15-12(17)9-14-11-7-5-4-6-8-11/h4-8,14,16H,3,9-10H2,1-2H3,(H,15,17). The Morgan fingerprint density at radius 3 is 2.53 bits per heavy atom. The molecule has 0 aromatic heterocycles. The first kappa shape index (κ1) is 13.5. The van der Waals surface area contributed by atoms with Crippen LogP contribution in [0.15, 0.2) is 30.3 Å². The van der Waals surface area contributed by atoms with Crippen molar-refractivity contribution in [1.29, 1.82) is 0 Å². The van der Waals surface area contributed by atoms with Crippen molar-refractivity contribution in [1.82, 2.24) is 5.32 Å². The monoisotopic (exact) mass is 236 g/mol. The molecule has 4 heteroatoms. The zero-order valence-corrected chi connectivity index (χ0v) is 10.4. The van der Waals surface area contributed by atoms with Crippen LogP contribution < -0.4 is 10.6 Å². The molecule has 1 atom stereocenters. The van der Waals surface area contributed by atoms with Gasteiger partial charge in [0.15, 0.2) is 0 Å². The Labute approximate surface area is 102 Å². The van der Waals surface area contributed by atoms with Gasteiger partial charge in [-0.05, 0) is 25.5 Å². The molecule has 0 bridgehead atoms. The predicted molar refractivity (Wildman–Crippen MR) is 68.9 cm³/mol. The summed E-state index contributed by atoms with van der Waals surface area (Å²) in [5.41, 5.74) is 0.375. The zero-order valence-electron chi connectivity index (χ0n) is 10.4. The van der Waals surface area contributed by atoms with E-state index in [-0.39, 0.29) is 19.1 Å². The van der Waals surface area contributed by atoms with Crippen molar-refractivity contribution in [2.45, 2.75) is 25.8 Å². The number of aliphatic hydroxyl groups excluding tert-OH is 1. The van der Waals surface area contributed by atoms with Gasteiger partial charge in [-0.25, -0.2) is 0 Å². The Hall–Kier alpha value is -1.55. The van der Waals surface area contributed by atoms with Crippen LogP contribution in [0.25, 0.3) is 0 Å². The lowest BCUT2D eigenvalue weighted by molar-refractivity contribution is -0.121. The first-order chi connectivity index (χ1) is 8.09. The highest BCUT2D eigenvalue weighted by atomic mass is 16.3. The third-order valence-electron chi connectivity index (χ3n) is 2.80. The molecule has 17 heavy (non-hydrogen) atoms. The number of nitrogens with one attached hydrogen (secondary N) is 2. The van der Waals surface area contributed by atoms with Crippen molar-refractivity contribution in [3.8, 4) is 0 Å². The molecule has 1 aromatic rings. The maximum Gasteiger partial charge on any atom is 0.239 e. The Kier molecular flexibility index (Phi) is 4.97. The second-order valence-corrected chi connectivity index (χ2v) is 4.34. The minimum atomic E-state index is -0.532. The first-order valence-electron chi connectivity index (χ1n) is 5.80. The largest absolute Gasteiger partial charge is 0.394 e. The minimum absolute atomic E-state index is 0.0550. The molecule has 0 saturated carbocycles. The number of anilines is 1. The molecule has 4 nitrogen and oxygen atoms in total. The van der Waals surface area contributed by atoms with Crippen molar-refractivity contribution in [3.63, 3.8) is 0 Å². The molecule has 0 heterocycles. The lowest BCUT2D eigenvalue weighted by Gasteiger charge is -2.27. The summed E-state index contributed by atoms with van der Waals surface area (Å²) < 4.78 is 0. The summed E-state index contributed by atoms with van der Waals surface area (Å²) in [7, 11) is 0. The second kappa shape index (κ2) is 6.25. The van der Waals surface area contributed by atoms with E-state index in [9.17, 15) is 9.90 Å². The number of carbonyl (C=O) groups is 1. The van der Waals surface area contributed by atoms with E-state index in [1.807, 2.05) is 44.2 Å². The van der Waals surface area contributed by atoms with Gasteiger partial charge in [-0.3, -0.25) is 4.79 Å². The molecule has 3 N–H and O–H groups in total. The normalized spacial score (nSPS) is 13.8. The number of aliphatic hydroxyl groups is 1. The van der Waals surface area contributed by atoms with Crippen molar-refractivity contribution in [3.05, 3.63) is 30.3 Å². The van der Waals surface area contributed by atoms with Gasteiger partial charge in [0.1, 0.15) is 0 Å². The summed E-state index contributed by atoms with van der Waals surface area (Å²) in [5, 5.41) is 15.0. The van der Waals surface area contributed by atoms with Gasteiger partial charge in [-0.1, -0.05) is 25.1 Å². The van der Waals surface area contributed by atoms with Crippen LogP contribution in [0.2, 0.25) is 0 Å². The number of hydrogen-bond donors (Lipinski definition) is 3. The fraction of sp³-hybridized carbons (Fsp3) is 0.462. The number of amides is 1. The highest BCUT2D eigenvalue weighted by Gasteiger charge is 2.22. The van der Waals surface area contributed by atoms with E-state index in [0.29, 0.717) is 6.42 Å². The highest BCUT2D eigenvalue weighted by Crippen LogP contribution is 2.08. The van der Waals surface area contributed by atoms with Gasteiger partial charge in [0.05, 0.1) is 18.7 Å². The van der Waals surface area contributed by atoms with Crippen LogP contribution >= 0.6 is 0 Å². The van der Waals surface area contributed by atoms with Crippen LogP contribution in [0.5, 0.6) is 0 Å². The molecule has 1 unspecified atom stereocenters. The van der Waals surface area contributed by atoms with Crippen LogP contribution in [0.3, 0.4) is 0 Å². The molecular formula is C13H20N2O2. The summed E-state index contributed by atoms with van der Waals surface area (Å²) in [5.74, 6) is -0.118. The lowest BCUT2D eigenvalue weighted by atomic mass is 10.0. The smallest absolute Gasteiger partial charge is 0.239 e. The average molecular weight is 236 g/mol. The van der Waals surface area contributed by atoms with Crippen LogP contribution in [0.4, 0.5) is 5.69 Å². The predicted octanol–water partition coefficient (Wildman–Crippen LogP) is 1.38. The molecule has 0 spiro atoms. The summed E-state index contributed by atoms with van der Waals surface area (Å²) in [4.78, 5) is 11.7. The zero-order chi connectivity index (χ0) is 12.7. The summed E-state index contributed by atoms with van der Waals surface area (Å²) in [6.45, 7) is 3.91. The molecule has 0 aliphatic rings. The van der Waals surface area contributed by atoms with E-state index >= 15 is 0 Å². The minimum Gasteiger partial charge on any atom is -0.394 e. The van der Waals surface area contributed by atoms with E-state index < -0.39 is 5.54 Å². The van der Waals surface area contributed by atoms with Gasteiger partial charge in [0.25, 0.3) is 0 Å². The van der Waals surface area contributed by atoms with E-state index in [4.69, 9.17) is 0 Å². The van der Waals surface area contributed by atoms with Gasteiger partial charge < -0.3 is 15.7 Å². The quantitative estimate of drug-likeness (QED) is 0.699. The molecule has 94 valence electrons. The van der Waals surface area contributed by atoms with Gasteiger partial charge in [-0.15, -0.1) is 0 Å². The number of carbonyl (C=O) groups excluding carboxylic acids is 1. The van der Waals surface area contributed by atoms with Crippen molar-refractivity contribution < 1.29 is 9.90 Å². The van der Waals surface area contributed by atoms with E-state index in [2.05, 4.69) is 10.6 Å². The first-order valence-corrected chi connectivity index (χ1v) is 5.80. The maximum atomic E-state index is 11.7. The van der Waals surface area contributed by atoms with Crippen molar-refractivity contribution >= 4 is 11.6 Å². The van der Waals surface area contributed by atoms with Crippen LogP contribution in [0, 0.1) is 0 Å². The van der Waals surface area contributed by atoms with E-state index in [0.717, 1.165) is 5.69 Å². The molecule has 0 fully saturated rings. The van der Waals surface area contributed by atoms with Gasteiger partial charge in [0.2, 0.25) is 5.91 Å². The van der Waals surface area contributed by atoms with Crippen molar-refractivity contribution in [2.24, 2.45) is 0 Å². The van der Waals surface area contributed by atoms with E-state index in [1.165, 1.54) is 0 Å². The summed E-state index contributed by atoms with van der Waals surface area (Å²) in [6, 6.07) is 9.54. The molecule has 0 aliphatic heterocycles. The Bertz CT molecular complexity index is 348. The fourth-order valence-electron chi connectivity index (χ4n) is 1.36. The molecule has 1 aromatic carbocycles. The van der Waals surface area contributed by atoms with Crippen LogP contribution in [0.1, 0.15) is 20.3 Å². The Balaban J connectivity index is 2.40. The molecular weight excluding hydrogens is 216 g/mol. The maximum absolute atomic E-state index is 11.7. The third kappa shape index (κ3) is 4.44. The van der Waals surface area contributed by atoms with E-state index in [1.54, 1.807) is 0 Å². The van der Waals surface area contributed by atoms with Gasteiger partial charge in [0, 0.05) is 5.69 Å². The third-order valence-corrected chi connectivity index (χ3v) is 2.80. The Morgan fingerprint density at radius 1 is 1.35 bits per heavy atom. The molecule has 1 rings (SSSR count). The molecule has 0 saturated heterocycles. The van der Waals surface area contributed by atoms with Crippen molar-refractivity contribution in [2.75, 3.05) is 18.5 Å². The topological polar surface area (TPSA) is 61.4 Å². The Morgan fingerprint density at radius 2 is 2.00 bits per heavy atom. The van der Waals surface area contributed by atoms with Gasteiger partial charge in [-0.2, -0.15) is 0 Å². The molecule has 0 aliphatic carbocycles. The SMILES string of the molecule is CCC(C)(CO)NC(=O)CNc1ccccc1. The molecule has 1 amide bonds. The lowest BCUT2D eigenvalue weighted by Crippen LogP contribution is -2.50. The number of benzene rings is 1. The highest BCUT2D eigenvalue weighted by molar-refractivity contribution is 5.81. The van der Waals surface area contributed by atoms with Crippen LogP contribution in [-0.4, -0.2) is 29.7 Å². The number of rotatable bonds is 6. The fourth-order valence-corrected chi connectivity index (χ4v) is 1.36. The summed E-state index contributed by atoms with van der Waals surface area (Å²) in [6.07, 6.45) is 0.695. The van der Waals surface area contributed by atoms with Gasteiger partial charge >= 0.3 is 0 Å². The second-order valence-electron chi connectivity index (χ2n) is 4.34. The van der Waals surface area contributed by atoms with Crippen LogP contribution in [-0.2, 0) is 4.79 Å². The number of para-hydroxylation sites is 1. The summed E-state index contributed by atoms with van der Waals surface area (Å²) >= 11 is 0. The number of hydrogen-bond acceptors (Lipinski definition) is 3.